The normalized spacial score (nSPS) is 19.2. The molecule has 1 heterocycles. The zero-order chi connectivity index (χ0) is 39.2. The van der Waals surface area contributed by atoms with E-state index in [1.54, 1.807) is 123 Å². The average molecular weight is 726 g/mol. The number of nitrogens with zero attached hydrogens (tertiary/aromatic N) is 2. The molecule has 15 heteroatoms. The molecule has 1 aliphatic heterocycles. The Kier molecular flexibility index (Phi) is 13.0. The fourth-order valence-corrected chi connectivity index (χ4v) is 5.35. The van der Waals surface area contributed by atoms with E-state index < -0.39 is 89.8 Å². The second-order valence-electron chi connectivity index (χ2n) is 15.3. The van der Waals surface area contributed by atoms with Crippen molar-refractivity contribution in [3.8, 4) is 0 Å². The van der Waals surface area contributed by atoms with Crippen molar-refractivity contribution in [2.45, 2.75) is 110 Å². The van der Waals surface area contributed by atoms with E-state index in [2.05, 4.69) is 10.6 Å². The van der Waals surface area contributed by atoms with E-state index >= 15 is 0 Å². The van der Waals surface area contributed by atoms with Crippen molar-refractivity contribution in [2.24, 2.45) is 5.92 Å². The Balaban J connectivity index is 2.21. The first-order chi connectivity index (χ1) is 24.0. The van der Waals surface area contributed by atoms with E-state index in [0.29, 0.717) is 16.0 Å². The van der Waals surface area contributed by atoms with Crippen LogP contribution in [0.15, 0.2) is 60.7 Å². The number of aliphatic hydroxyl groups excluding tert-OH is 1. The zero-order valence-corrected chi connectivity index (χ0v) is 31.4. The van der Waals surface area contributed by atoms with Crippen LogP contribution in [0, 0.1) is 11.3 Å². The van der Waals surface area contributed by atoms with Gasteiger partial charge >= 0.3 is 24.2 Å². The van der Waals surface area contributed by atoms with Gasteiger partial charge in [-0.25, -0.2) is 19.3 Å². The van der Waals surface area contributed by atoms with Gasteiger partial charge in [-0.3, -0.25) is 25.2 Å². The fraction of sp³-hybridized carbons (Fsp3) is 0.514. The molecular formula is C37H51N5O10. The van der Waals surface area contributed by atoms with Gasteiger partial charge in [0.1, 0.15) is 34.9 Å². The minimum atomic E-state index is -1.93. The summed E-state index contributed by atoms with van der Waals surface area (Å²) in [5, 5.41) is 25.8. The van der Waals surface area contributed by atoms with Crippen LogP contribution in [0.3, 0.4) is 0 Å². The first-order valence-corrected chi connectivity index (χ1v) is 16.8. The number of esters is 1. The van der Waals surface area contributed by atoms with E-state index in [1.807, 2.05) is 0 Å². The Morgan fingerprint density at radius 1 is 0.808 bits per heavy atom. The van der Waals surface area contributed by atoms with Gasteiger partial charge in [-0.1, -0.05) is 60.7 Å². The van der Waals surface area contributed by atoms with E-state index in [0.717, 1.165) is 11.8 Å². The Morgan fingerprint density at radius 2 is 1.29 bits per heavy atom. The maximum atomic E-state index is 14.3. The molecule has 2 aromatic carbocycles. The van der Waals surface area contributed by atoms with Crippen LogP contribution in [0.2, 0.25) is 0 Å². The van der Waals surface area contributed by atoms with Gasteiger partial charge < -0.3 is 29.4 Å². The summed E-state index contributed by atoms with van der Waals surface area (Å²) in [7, 11) is 0. The maximum absolute atomic E-state index is 14.3. The summed E-state index contributed by atoms with van der Waals surface area (Å²) in [6.45, 7) is 14.9. The molecule has 15 nitrogen and oxygen atoms in total. The van der Waals surface area contributed by atoms with Crippen molar-refractivity contribution in [2.75, 3.05) is 6.54 Å². The molecule has 4 atom stereocenters. The van der Waals surface area contributed by atoms with Gasteiger partial charge in [-0.15, -0.1) is 0 Å². The number of hydrogen-bond donors (Lipinski definition) is 4. The molecule has 1 aliphatic rings. The Labute approximate surface area is 304 Å². The van der Waals surface area contributed by atoms with Crippen LogP contribution in [0.5, 0.6) is 0 Å². The monoisotopic (exact) mass is 725 g/mol. The number of carbonyl (C=O) groups is 5. The van der Waals surface area contributed by atoms with E-state index in [9.17, 15) is 29.1 Å². The van der Waals surface area contributed by atoms with E-state index in [-0.39, 0.29) is 0 Å². The van der Waals surface area contributed by atoms with Gasteiger partial charge in [0.05, 0.1) is 6.10 Å². The minimum Gasteiger partial charge on any atom is -0.452 e. The predicted octanol–water partition coefficient (Wildman–Crippen LogP) is 5.07. The van der Waals surface area contributed by atoms with Crippen molar-refractivity contribution in [1.82, 2.24) is 20.4 Å². The molecule has 0 radical (unpaired) electrons. The summed E-state index contributed by atoms with van der Waals surface area (Å²) >= 11 is 0. The maximum Gasteiger partial charge on any atom is 0.417 e. The number of alkyl carbamates (subject to hydrolysis) is 1. The summed E-state index contributed by atoms with van der Waals surface area (Å²) < 4.78 is 22.6. The largest absolute Gasteiger partial charge is 0.452 e. The lowest BCUT2D eigenvalue weighted by molar-refractivity contribution is -0.165. The lowest BCUT2D eigenvalue weighted by Crippen LogP contribution is -2.74. The van der Waals surface area contributed by atoms with Crippen LogP contribution in [-0.4, -0.2) is 92.7 Å². The minimum absolute atomic E-state index is 0.540. The SMILES string of the molecule is CC(=O)N[C@@H]1[C@H](N(C(=N)NC(=O)OC(C)(C)C)C(=O)OC(C)(C)C)[C@@H](O)[C@H](C(=O)OC(c2ccccc2)c2ccccc2)CN1C(=O)OC(C)(C)C. The first-order valence-electron chi connectivity index (χ1n) is 16.8. The first kappa shape index (κ1) is 41.2. The van der Waals surface area contributed by atoms with Crippen LogP contribution in [-0.2, 0) is 28.5 Å². The average Bonchev–Trinajstić information content (AvgIpc) is 2.99. The van der Waals surface area contributed by atoms with Gasteiger partial charge in [-0.05, 0) is 73.4 Å². The van der Waals surface area contributed by atoms with E-state index in [4.69, 9.17) is 24.4 Å². The highest BCUT2D eigenvalue weighted by atomic mass is 16.6. The Morgan fingerprint density at radius 3 is 1.73 bits per heavy atom. The number of rotatable bonds is 6. The lowest BCUT2D eigenvalue weighted by Gasteiger charge is -2.49. The second kappa shape index (κ2) is 16.4. The van der Waals surface area contributed by atoms with Crippen molar-refractivity contribution < 1.29 is 48.0 Å². The smallest absolute Gasteiger partial charge is 0.417 e. The number of ether oxygens (including phenoxy) is 4. The van der Waals surface area contributed by atoms with Crippen LogP contribution >= 0.6 is 0 Å². The summed E-state index contributed by atoms with van der Waals surface area (Å²) in [4.78, 5) is 69.2. The lowest BCUT2D eigenvalue weighted by atomic mass is 9.87. The van der Waals surface area contributed by atoms with Gasteiger partial charge in [0.2, 0.25) is 11.9 Å². The highest BCUT2D eigenvalue weighted by molar-refractivity contribution is 6.00. The van der Waals surface area contributed by atoms with Gasteiger partial charge in [0, 0.05) is 13.5 Å². The Bertz CT molecular complexity index is 1560. The highest BCUT2D eigenvalue weighted by Crippen LogP contribution is 2.33. The molecule has 0 unspecified atom stereocenters. The second-order valence-corrected chi connectivity index (χ2v) is 15.3. The molecule has 0 aromatic heterocycles. The molecule has 0 saturated carbocycles. The molecular weight excluding hydrogens is 674 g/mol. The number of aliphatic hydroxyl groups is 1. The molecule has 2 aromatic rings. The predicted molar refractivity (Wildman–Crippen MR) is 190 cm³/mol. The van der Waals surface area contributed by atoms with Gasteiger partial charge in [0.25, 0.3) is 0 Å². The van der Waals surface area contributed by atoms with Gasteiger partial charge in [-0.2, -0.15) is 0 Å². The zero-order valence-electron chi connectivity index (χ0n) is 31.4. The third-order valence-electron chi connectivity index (χ3n) is 7.28. The van der Waals surface area contributed by atoms with Crippen molar-refractivity contribution in [3.63, 3.8) is 0 Å². The molecule has 0 aliphatic carbocycles. The molecule has 4 N–H and O–H groups in total. The molecule has 0 spiro atoms. The van der Waals surface area contributed by atoms with Crippen LogP contribution in [0.25, 0.3) is 0 Å². The topological polar surface area (TPSA) is 197 Å². The number of hydrogen-bond acceptors (Lipinski definition) is 11. The number of likely N-dealkylation sites (tertiary alicyclic amines) is 1. The fourth-order valence-electron chi connectivity index (χ4n) is 5.35. The number of carbonyl (C=O) groups excluding carboxylic acids is 5. The third-order valence-corrected chi connectivity index (χ3v) is 7.28. The summed E-state index contributed by atoms with van der Waals surface area (Å²) in [5.41, 5.74) is -1.99. The van der Waals surface area contributed by atoms with Crippen molar-refractivity contribution in [1.29, 1.82) is 5.41 Å². The van der Waals surface area contributed by atoms with Crippen LogP contribution < -0.4 is 10.6 Å². The highest BCUT2D eigenvalue weighted by Gasteiger charge is 2.55. The number of amides is 4. The number of benzene rings is 2. The summed E-state index contributed by atoms with van der Waals surface area (Å²) in [5.74, 6) is -4.19. The quantitative estimate of drug-likeness (QED) is 0.135. The molecule has 3 rings (SSSR count). The third kappa shape index (κ3) is 11.7. The number of guanidine groups is 1. The molecule has 52 heavy (non-hydrogen) atoms. The number of piperidine rings is 1. The molecule has 4 amide bonds. The molecule has 1 saturated heterocycles. The van der Waals surface area contributed by atoms with Gasteiger partial charge in [0.15, 0.2) is 6.10 Å². The standard InChI is InChI=1S/C37H51N5O10/c1-22(43)39-29-26(42(34(48)52-37(8,9)10)31(38)40-32(46)50-35(2,3)4)27(44)25(21-41(29)33(47)51-36(5,6)7)30(45)49-28(23-17-13-11-14-18-23)24-19-15-12-16-20-24/h11-20,25-29,44H,21H2,1-10H3,(H,39,43)(H2,38,40,46)/t25-,26-,27+,29+/m1/s1. The van der Waals surface area contributed by atoms with Crippen molar-refractivity contribution >= 4 is 36.1 Å². The number of nitrogens with one attached hydrogen (secondary N) is 3. The summed E-state index contributed by atoms with van der Waals surface area (Å²) in [6, 6.07) is 15.9. The van der Waals surface area contributed by atoms with Crippen LogP contribution in [0.4, 0.5) is 14.4 Å². The molecule has 1 fully saturated rings. The van der Waals surface area contributed by atoms with E-state index in [1.165, 1.54) is 0 Å². The van der Waals surface area contributed by atoms with Crippen LogP contribution in [0.1, 0.15) is 86.5 Å². The Hall–Kier alpha value is -5.18. The molecule has 0 bridgehead atoms. The summed E-state index contributed by atoms with van der Waals surface area (Å²) in [6.07, 6.45) is -7.88. The molecule has 284 valence electrons. The van der Waals surface area contributed by atoms with Crippen molar-refractivity contribution in [3.05, 3.63) is 71.8 Å².